The predicted molar refractivity (Wildman–Crippen MR) is 223 cm³/mol. The van der Waals surface area contributed by atoms with Gasteiger partial charge in [0.2, 0.25) is 0 Å². The fourth-order valence-electron chi connectivity index (χ4n) is 7.52. The Balaban J connectivity index is 1.73. The number of thioether (sulfide) groups is 1. The number of aliphatic imine (C=N–C) groups is 2. The maximum Gasteiger partial charge on any atom is 0.408 e. The number of allylic oxidation sites excluding steroid dienone is 2. The van der Waals surface area contributed by atoms with Gasteiger partial charge in [0.15, 0.2) is 0 Å². The van der Waals surface area contributed by atoms with Crippen molar-refractivity contribution in [2.24, 2.45) is 15.4 Å². The number of cyclic esters (lactones) is 1. The summed E-state index contributed by atoms with van der Waals surface area (Å²) in [6.45, 7) is 23.0. The summed E-state index contributed by atoms with van der Waals surface area (Å²) < 4.78 is 26.0. The average molecular weight is 793 g/mol. The molecule has 13 nitrogen and oxygen atoms in total. The summed E-state index contributed by atoms with van der Waals surface area (Å²) >= 11 is 1.51. The minimum Gasteiger partial charge on any atom is -0.464 e. The van der Waals surface area contributed by atoms with Crippen LogP contribution in [0.25, 0.3) is 16.5 Å². The number of ether oxygens (including phenoxy) is 4. The van der Waals surface area contributed by atoms with E-state index in [0.29, 0.717) is 43.1 Å². The van der Waals surface area contributed by atoms with E-state index in [2.05, 4.69) is 60.9 Å². The number of aryl methyl sites for hydroxylation is 1. The molecule has 2 amide bonds. The Hall–Kier alpha value is -3.98. The number of fused-ring (bicyclic) bond motifs is 5. The molecular formula is C42H60N6O7S. The van der Waals surface area contributed by atoms with E-state index < -0.39 is 47.2 Å². The fraction of sp³-hybridized carbons (Fsp3) is 0.595. The summed E-state index contributed by atoms with van der Waals surface area (Å²) in [7, 11) is 1.67. The van der Waals surface area contributed by atoms with Gasteiger partial charge in [-0.3, -0.25) is 24.6 Å². The molecule has 306 valence electrons. The number of amides is 2. The second-order valence-corrected chi connectivity index (χ2v) is 17.2. The highest BCUT2D eigenvalue weighted by Crippen LogP contribution is 2.41. The molecule has 56 heavy (non-hydrogen) atoms. The first-order valence-corrected chi connectivity index (χ1v) is 20.6. The molecule has 6 bridgehead atoms. The number of rotatable bonds is 9. The van der Waals surface area contributed by atoms with E-state index in [9.17, 15) is 14.4 Å². The van der Waals surface area contributed by atoms with E-state index in [-0.39, 0.29) is 25.4 Å². The number of nitrogens with one attached hydrogen (secondary N) is 2. The molecule has 1 saturated heterocycles. The normalized spacial score (nSPS) is 24.3. The lowest BCUT2D eigenvalue weighted by Crippen LogP contribution is -2.63. The second kappa shape index (κ2) is 18.1. The maximum atomic E-state index is 14.4. The van der Waals surface area contributed by atoms with Crippen molar-refractivity contribution in [3.8, 4) is 0 Å². The number of carbonyl (C=O) groups excluding carboxylic acids is 3. The van der Waals surface area contributed by atoms with Crippen LogP contribution in [0.3, 0.4) is 0 Å². The first kappa shape index (κ1) is 43.1. The number of benzene rings is 1. The number of nitrogens with zero attached hydrogens (tertiary/aromatic N) is 4. The van der Waals surface area contributed by atoms with Crippen molar-refractivity contribution in [2.75, 3.05) is 32.6 Å². The summed E-state index contributed by atoms with van der Waals surface area (Å²) in [6.07, 6.45) is 3.27. The first-order valence-electron chi connectivity index (χ1n) is 19.7. The van der Waals surface area contributed by atoms with E-state index in [1.807, 2.05) is 26.8 Å². The van der Waals surface area contributed by atoms with E-state index in [0.717, 1.165) is 39.0 Å². The van der Waals surface area contributed by atoms with Crippen LogP contribution in [0, 0.1) is 5.41 Å². The molecule has 0 spiro atoms. The molecular weight excluding hydrogens is 733 g/mol. The van der Waals surface area contributed by atoms with Gasteiger partial charge in [-0.15, -0.1) is 11.8 Å². The van der Waals surface area contributed by atoms with Gasteiger partial charge >= 0.3 is 12.1 Å². The van der Waals surface area contributed by atoms with E-state index in [1.165, 1.54) is 16.8 Å². The molecule has 0 radical (unpaired) electrons. The summed E-state index contributed by atoms with van der Waals surface area (Å²) in [5.74, 6) is -0.294. The summed E-state index contributed by atoms with van der Waals surface area (Å²) in [5, 5.41) is 5.86. The third-order valence-corrected chi connectivity index (χ3v) is 11.3. The molecule has 1 aromatic heterocycles. The van der Waals surface area contributed by atoms with Crippen LogP contribution < -0.4 is 10.7 Å². The molecule has 1 fully saturated rings. The molecule has 1 aromatic carbocycles. The summed E-state index contributed by atoms with van der Waals surface area (Å²) in [4.78, 5) is 51.4. The maximum absolute atomic E-state index is 14.4. The number of carbonyl (C=O) groups is 3. The zero-order valence-electron chi connectivity index (χ0n) is 34.7. The zero-order valence-corrected chi connectivity index (χ0v) is 35.5. The van der Waals surface area contributed by atoms with Gasteiger partial charge in [-0.1, -0.05) is 32.6 Å². The van der Waals surface area contributed by atoms with Gasteiger partial charge in [-0.25, -0.2) is 10.2 Å². The molecule has 5 atom stereocenters. The quantitative estimate of drug-likeness (QED) is 0.159. The molecule has 0 saturated carbocycles. The second-order valence-electron chi connectivity index (χ2n) is 16.2. The number of esters is 1. The fourth-order valence-corrected chi connectivity index (χ4v) is 8.69. The van der Waals surface area contributed by atoms with Gasteiger partial charge in [0.25, 0.3) is 5.91 Å². The Labute approximate surface area is 335 Å². The zero-order chi connectivity index (χ0) is 40.9. The number of aromatic nitrogens is 1. The standard InChI is InChI=1S/C42H60N6O7S/c1-12-27(33(43-13-2)25(5)52-11)35-29-22-42(9,10)24-54-39(50)30-17-16-20-48(46-30)38(49)34(45-40(51)55-41(6,7)8)36(53-15-4)37-44-31(23-56-37)26-18-19-32(28(29)21-26)47(35)14-3/h12-13,18-19,21,25,30-31,34,36,46H,1,14-17,20,22-24H2,2-11H3,(H,45,51)/b33-27+,43-13?/t25-,30-,31?,34-,36-/m0/s1. The highest BCUT2D eigenvalue weighted by molar-refractivity contribution is 8.14. The predicted octanol–water partition coefficient (Wildman–Crippen LogP) is 6.79. The van der Waals surface area contributed by atoms with Crippen LogP contribution in [0.5, 0.6) is 0 Å². The molecule has 1 unspecified atom stereocenters. The number of hydrogen-bond acceptors (Lipinski definition) is 11. The van der Waals surface area contributed by atoms with Gasteiger partial charge in [-0.05, 0) is 91.0 Å². The largest absolute Gasteiger partial charge is 0.464 e. The minimum absolute atomic E-state index is 0.139. The third-order valence-electron chi connectivity index (χ3n) is 10.1. The molecule has 2 aromatic rings. The molecule has 0 aliphatic carbocycles. The van der Waals surface area contributed by atoms with Gasteiger partial charge in [-0.2, -0.15) is 0 Å². The number of hydrazine groups is 1. The number of methoxy groups -OCH3 is 1. The average Bonchev–Trinajstić information content (AvgIpc) is 3.76. The summed E-state index contributed by atoms with van der Waals surface area (Å²) in [5.41, 5.74) is 7.59. The smallest absolute Gasteiger partial charge is 0.408 e. The van der Waals surface area contributed by atoms with Crippen molar-refractivity contribution in [3.05, 3.63) is 53.4 Å². The van der Waals surface area contributed by atoms with Gasteiger partial charge in [0, 0.05) is 60.7 Å². The van der Waals surface area contributed by atoms with Gasteiger partial charge in [0.05, 0.1) is 30.1 Å². The van der Waals surface area contributed by atoms with Crippen LogP contribution in [0.15, 0.2) is 46.5 Å². The highest BCUT2D eigenvalue weighted by Gasteiger charge is 2.42. The van der Waals surface area contributed by atoms with E-state index >= 15 is 0 Å². The molecule has 5 rings (SSSR count). The summed E-state index contributed by atoms with van der Waals surface area (Å²) in [6, 6.07) is 4.27. The van der Waals surface area contributed by atoms with Gasteiger partial charge < -0.3 is 28.8 Å². The molecule has 2 N–H and O–H groups in total. The molecule has 4 heterocycles. The van der Waals surface area contributed by atoms with Crippen molar-refractivity contribution in [1.29, 1.82) is 0 Å². The number of alkyl carbamates (subject to hydrolysis) is 1. The topological polar surface area (TPSA) is 145 Å². The number of hydrogen-bond donors (Lipinski definition) is 2. The van der Waals surface area contributed by atoms with Crippen molar-refractivity contribution < 1.29 is 33.3 Å². The van der Waals surface area contributed by atoms with Gasteiger partial charge in [0.1, 0.15) is 28.8 Å². The molecule has 3 aliphatic heterocycles. The first-order chi connectivity index (χ1) is 26.6. The lowest BCUT2D eigenvalue weighted by Gasteiger charge is -2.37. The van der Waals surface area contributed by atoms with Crippen LogP contribution >= 0.6 is 11.8 Å². The van der Waals surface area contributed by atoms with Crippen molar-refractivity contribution in [2.45, 2.75) is 124 Å². The third kappa shape index (κ3) is 9.58. The van der Waals surface area contributed by atoms with Crippen LogP contribution in [0.2, 0.25) is 0 Å². The minimum atomic E-state index is -1.19. The van der Waals surface area contributed by atoms with Crippen molar-refractivity contribution in [3.63, 3.8) is 0 Å². The van der Waals surface area contributed by atoms with Crippen LogP contribution in [-0.2, 0) is 41.5 Å². The Kier molecular flexibility index (Phi) is 13.9. The Morgan fingerprint density at radius 3 is 2.66 bits per heavy atom. The monoisotopic (exact) mass is 792 g/mol. The SMILES string of the molecule is C=C/C(=C(\N=CC)[C@H](C)OC)c1c2c3cc(ccc3n1CC)C1CSC(=N1)[C@@H](OCC)[C@H](NC(=O)OC(C)(C)C)C(=O)N1CCC[C@H](N1)C(=O)OCC(C)(C)C2. The molecule has 14 heteroatoms. The highest BCUT2D eigenvalue weighted by atomic mass is 32.2. The lowest BCUT2D eigenvalue weighted by atomic mass is 9.84. The van der Waals surface area contributed by atoms with E-state index in [1.54, 1.807) is 34.1 Å². The van der Waals surface area contributed by atoms with Crippen molar-refractivity contribution >= 4 is 57.5 Å². The molecule has 3 aliphatic rings. The Morgan fingerprint density at radius 1 is 1.27 bits per heavy atom. The Bertz CT molecular complexity index is 1890. The lowest BCUT2D eigenvalue weighted by molar-refractivity contribution is -0.155. The van der Waals surface area contributed by atoms with Crippen LogP contribution in [0.4, 0.5) is 4.79 Å². The van der Waals surface area contributed by atoms with Crippen molar-refractivity contribution in [1.82, 2.24) is 20.3 Å². The Morgan fingerprint density at radius 2 is 2.02 bits per heavy atom. The van der Waals surface area contributed by atoms with Crippen LogP contribution in [0.1, 0.15) is 98.0 Å². The van der Waals surface area contributed by atoms with E-state index in [4.69, 9.17) is 28.9 Å². The van der Waals surface area contributed by atoms with Crippen LogP contribution in [-0.4, -0.2) is 101 Å².